The van der Waals surface area contributed by atoms with Crippen LogP contribution in [0.15, 0.2) is 30.9 Å². The van der Waals surface area contributed by atoms with Gasteiger partial charge in [0.2, 0.25) is 5.91 Å². The molecule has 0 aliphatic heterocycles. The van der Waals surface area contributed by atoms with E-state index in [0.717, 1.165) is 6.42 Å². The number of carbonyl (C=O) groups excluding carboxylic acids is 2. The number of rotatable bonds is 9. The Morgan fingerprint density at radius 2 is 2.09 bits per heavy atom. The first kappa shape index (κ1) is 18.5. The van der Waals surface area contributed by atoms with Gasteiger partial charge in [0.15, 0.2) is 11.5 Å². The fourth-order valence-electron chi connectivity index (χ4n) is 1.82. The zero-order chi connectivity index (χ0) is 17.2. The number of hydrogen-bond acceptors (Lipinski definition) is 4. The summed E-state index contributed by atoms with van der Waals surface area (Å²) < 4.78 is 10.7. The predicted octanol–water partition coefficient (Wildman–Crippen LogP) is 1.90. The molecule has 0 fully saturated rings. The second kappa shape index (κ2) is 9.50. The molecule has 23 heavy (non-hydrogen) atoms. The van der Waals surface area contributed by atoms with Crippen LogP contribution in [0.3, 0.4) is 0 Å². The standard InChI is InChI=1S/C17H24N2O4/c1-5-9-18-16(20)12(3)19-17(21)13-7-8-14(23-10-6-2)15(11-13)22-4/h6-8,11-12H,2,5,9-10H2,1,3-4H3,(H,18,20)(H,19,21)/t12-/m1/s1. The topological polar surface area (TPSA) is 76.7 Å². The summed E-state index contributed by atoms with van der Waals surface area (Å²) in [5, 5.41) is 5.39. The van der Waals surface area contributed by atoms with E-state index >= 15 is 0 Å². The van der Waals surface area contributed by atoms with Gasteiger partial charge in [-0.25, -0.2) is 0 Å². The molecule has 0 aliphatic carbocycles. The third-order valence-corrected chi connectivity index (χ3v) is 3.07. The van der Waals surface area contributed by atoms with Gasteiger partial charge in [-0.2, -0.15) is 0 Å². The van der Waals surface area contributed by atoms with Crippen molar-refractivity contribution in [3.05, 3.63) is 36.4 Å². The van der Waals surface area contributed by atoms with E-state index in [1.807, 2.05) is 6.92 Å². The minimum atomic E-state index is -0.614. The predicted molar refractivity (Wildman–Crippen MR) is 88.9 cm³/mol. The molecular formula is C17H24N2O4. The van der Waals surface area contributed by atoms with Crippen molar-refractivity contribution in [3.63, 3.8) is 0 Å². The van der Waals surface area contributed by atoms with Gasteiger partial charge in [0.05, 0.1) is 7.11 Å². The third-order valence-electron chi connectivity index (χ3n) is 3.07. The summed E-state index contributed by atoms with van der Waals surface area (Å²) in [6.45, 7) is 8.11. The zero-order valence-electron chi connectivity index (χ0n) is 13.8. The van der Waals surface area contributed by atoms with Crippen molar-refractivity contribution < 1.29 is 19.1 Å². The quantitative estimate of drug-likeness (QED) is 0.681. The second-order valence-corrected chi connectivity index (χ2v) is 4.95. The Balaban J connectivity index is 2.75. The largest absolute Gasteiger partial charge is 0.493 e. The van der Waals surface area contributed by atoms with Crippen LogP contribution in [-0.2, 0) is 4.79 Å². The normalized spacial score (nSPS) is 11.3. The van der Waals surface area contributed by atoms with Crippen LogP contribution in [0.4, 0.5) is 0 Å². The van der Waals surface area contributed by atoms with Crippen LogP contribution in [0.5, 0.6) is 11.5 Å². The summed E-state index contributed by atoms with van der Waals surface area (Å²) in [4.78, 5) is 24.0. The van der Waals surface area contributed by atoms with Gasteiger partial charge >= 0.3 is 0 Å². The summed E-state index contributed by atoms with van der Waals surface area (Å²) in [5.41, 5.74) is 0.392. The average molecular weight is 320 g/mol. The Hall–Kier alpha value is -2.50. The molecule has 2 N–H and O–H groups in total. The first-order valence-electron chi connectivity index (χ1n) is 7.53. The summed E-state index contributed by atoms with van der Waals surface area (Å²) in [6.07, 6.45) is 2.46. The third kappa shape index (κ3) is 5.65. The summed E-state index contributed by atoms with van der Waals surface area (Å²) in [5.74, 6) is 0.413. The number of methoxy groups -OCH3 is 1. The van der Waals surface area contributed by atoms with Crippen molar-refractivity contribution in [1.82, 2.24) is 10.6 Å². The van der Waals surface area contributed by atoms with Crippen molar-refractivity contribution in [1.29, 1.82) is 0 Å². The van der Waals surface area contributed by atoms with Crippen LogP contribution in [0.1, 0.15) is 30.6 Å². The smallest absolute Gasteiger partial charge is 0.252 e. The van der Waals surface area contributed by atoms with Crippen molar-refractivity contribution in [3.8, 4) is 11.5 Å². The van der Waals surface area contributed by atoms with Crippen LogP contribution < -0.4 is 20.1 Å². The molecular weight excluding hydrogens is 296 g/mol. The summed E-state index contributed by atoms with van der Waals surface area (Å²) >= 11 is 0. The van der Waals surface area contributed by atoms with Gasteiger partial charge in [-0.1, -0.05) is 19.6 Å². The van der Waals surface area contributed by atoms with E-state index < -0.39 is 6.04 Å². The van der Waals surface area contributed by atoms with Crippen LogP contribution in [0, 0.1) is 0 Å². The highest BCUT2D eigenvalue weighted by Crippen LogP contribution is 2.28. The Morgan fingerprint density at radius 1 is 1.35 bits per heavy atom. The molecule has 2 amide bonds. The molecule has 0 aromatic heterocycles. The van der Waals surface area contributed by atoms with Crippen molar-refractivity contribution in [2.45, 2.75) is 26.3 Å². The molecule has 0 bridgehead atoms. The molecule has 0 saturated heterocycles. The van der Waals surface area contributed by atoms with Gasteiger partial charge in [0.25, 0.3) is 5.91 Å². The van der Waals surface area contributed by atoms with Gasteiger partial charge in [0.1, 0.15) is 12.6 Å². The lowest BCUT2D eigenvalue weighted by atomic mass is 10.1. The second-order valence-electron chi connectivity index (χ2n) is 4.95. The molecule has 0 aliphatic rings. The fraction of sp³-hybridized carbons (Fsp3) is 0.412. The minimum Gasteiger partial charge on any atom is -0.493 e. The number of hydrogen-bond donors (Lipinski definition) is 2. The van der Waals surface area contributed by atoms with Crippen LogP contribution in [-0.4, -0.2) is 38.1 Å². The molecule has 0 radical (unpaired) electrons. The molecule has 0 heterocycles. The molecule has 0 spiro atoms. The van der Waals surface area contributed by atoms with E-state index in [4.69, 9.17) is 9.47 Å². The van der Waals surface area contributed by atoms with Gasteiger partial charge in [-0.05, 0) is 31.5 Å². The maximum Gasteiger partial charge on any atom is 0.252 e. The first-order valence-corrected chi connectivity index (χ1v) is 7.53. The lowest BCUT2D eigenvalue weighted by molar-refractivity contribution is -0.122. The van der Waals surface area contributed by atoms with E-state index in [2.05, 4.69) is 17.2 Å². The van der Waals surface area contributed by atoms with Crippen molar-refractivity contribution in [2.75, 3.05) is 20.3 Å². The average Bonchev–Trinajstić information content (AvgIpc) is 2.57. The molecule has 126 valence electrons. The van der Waals surface area contributed by atoms with Crippen molar-refractivity contribution in [2.24, 2.45) is 0 Å². The summed E-state index contributed by atoms with van der Waals surface area (Å²) in [6, 6.07) is 4.23. The van der Waals surface area contributed by atoms with Crippen LogP contribution in [0.2, 0.25) is 0 Å². The van der Waals surface area contributed by atoms with Crippen LogP contribution >= 0.6 is 0 Å². The number of amides is 2. The summed E-state index contributed by atoms with van der Waals surface area (Å²) in [7, 11) is 1.50. The monoisotopic (exact) mass is 320 g/mol. The van der Waals surface area contributed by atoms with Crippen LogP contribution in [0.25, 0.3) is 0 Å². The zero-order valence-corrected chi connectivity index (χ0v) is 13.8. The SMILES string of the molecule is C=CCOc1ccc(C(=O)N[C@H](C)C(=O)NCCC)cc1OC. The molecule has 1 aromatic carbocycles. The number of carbonyl (C=O) groups is 2. The van der Waals surface area contributed by atoms with Crippen molar-refractivity contribution >= 4 is 11.8 Å². The first-order chi connectivity index (χ1) is 11.0. The molecule has 6 nitrogen and oxygen atoms in total. The van der Waals surface area contributed by atoms with Gasteiger partial charge in [0, 0.05) is 12.1 Å². The molecule has 0 saturated carbocycles. The minimum absolute atomic E-state index is 0.210. The Kier molecular flexibility index (Phi) is 7.66. The molecule has 6 heteroatoms. The molecule has 1 aromatic rings. The van der Waals surface area contributed by atoms with Gasteiger partial charge in [-0.3, -0.25) is 9.59 Å². The lowest BCUT2D eigenvalue weighted by Crippen LogP contribution is -2.45. The van der Waals surface area contributed by atoms with E-state index in [9.17, 15) is 9.59 Å². The van der Waals surface area contributed by atoms with E-state index in [1.165, 1.54) is 7.11 Å². The maximum atomic E-state index is 12.2. The number of benzene rings is 1. The molecule has 0 unspecified atom stereocenters. The number of nitrogens with one attached hydrogen (secondary N) is 2. The van der Waals surface area contributed by atoms with Gasteiger partial charge < -0.3 is 20.1 Å². The number of ether oxygens (including phenoxy) is 2. The molecule has 1 atom stereocenters. The Morgan fingerprint density at radius 3 is 2.70 bits per heavy atom. The highest BCUT2D eigenvalue weighted by atomic mass is 16.5. The maximum absolute atomic E-state index is 12.2. The molecule has 1 rings (SSSR count). The van der Waals surface area contributed by atoms with E-state index in [-0.39, 0.29) is 11.8 Å². The fourth-order valence-corrected chi connectivity index (χ4v) is 1.82. The van der Waals surface area contributed by atoms with E-state index in [0.29, 0.717) is 30.2 Å². The Labute approximate surface area is 136 Å². The Bertz CT molecular complexity index is 558. The van der Waals surface area contributed by atoms with Gasteiger partial charge in [-0.15, -0.1) is 0 Å². The highest BCUT2D eigenvalue weighted by Gasteiger charge is 2.17. The lowest BCUT2D eigenvalue weighted by Gasteiger charge is -2.15. The highest BCUT2D eigenvalue weighted by molar-refractivity contribution is 5.97. The van der Waals surface area contributed by atoms with E-state index in [1.54, 1.807) is 31.2 Å².